The van der Waals surface area contributed by atoms with Crippen molar-refractivity contribution in [2.45, 2.75) is 46.8 Å². The molecule has 1 aromatic rings. The van der Waals surface area contributed by atoms with Crippen molar-refractivity contribution < 1.29 is 13.9 Å². The highest BCUT2D eigenvalue weighted by Gasteiger charge is 2.15. The van der Waals surface area contributed by atoms with Crippen LogP contribution in [0, 0.1) is 19.7 Å². The molecule has 0 saturated heterocycles. The lowest BCUT2D eigenvalue weighted by Crippen LogP contribution is -2.31. The molecule has 1 rings (SSSR count). The summed E-state index contributed by atoms with van der Waals surface area (Å²) in [4.78, 5) is 11.5. The molecule has 0 aliphatic rings. The van der Waals surface area contributed by atoms with E-state index in [-0.39, 0.29) is 18.3 Å². The zero-order valence-corrected chi connectivity index (χ0v) is 12.3. The van der Waals surface area contributed by atoms with Gasteiger partial charge in [0.05, 0.1) is 6.54 Å². The second-order valence-electron chi connectivity index (χ2n) is 5.73. The first-order valence-electron chi connectivity index (χ1n) is 6.37. The molecule has 0 aromatic heterocycles. The van der Waals surface area contributed by atoms with E-state index in [9.17, 15) is 9.18 Å². The van der Waals surface area contributed by atoms with E-state index in [0.29, 0.717) is 17.7 Å². The van der Waals surface area contributed by atoms with E-state index in [1.54, 1.807) is 26.0 Å². The summed E-state index contributed by atoms with van der Waals surface area (Å²) in [5.74, 6) is -0.459. The van der Waals surface area contributed by atoms with Gasteiger partial charge in [0.2, 0.25) is 0 Å². The Kier molecular flexibility index (Phi) is 5.06. The van der Waals surface area contributed by atoms with Gasteiger partial charge in [0.1, 0.15) is 11.4 Å². The topological polar surface area (TPSA) is 38.3 Å². The predicted octanol–water partition coefficient (Wildman–Crippen LogP) is 2.87. The summed E-state index contributed by atoms with van der Waals surface area (Å²) in [5, 5.41) is 3.00. The number of halogens is 1. The van der Waals surface area contributed by atoms with Gasteiger partial charge in [-0.2, -0.15) is 0 Å². The summed E-state index contributed by atoms with van der Waals surface area (Å²) in [6.07, 6.45) is 0. The molecule has 0 aliphatic heterocycles. The van der Waals surface area contributed by atoms with Crippen molar-refractivity contribution in [3.05, 3.63) is 34.6 Å². The molecule has 0 radical (unpaired) electrons. The van der Waals surface area contributed by atoms with Crippen molar-refractivity contribution in [3.8, 4) is 0 Å². The van der Waals surface area contributed by atoms with Crippen LogP contribution in [-0.2, 0) is 16.1 Å². The minimum atomic E-state index is -0.470. The lowest BCUT2D eigenvalue weighted by Gasteiger charge is -2.19. The molecule has 1 aromatic carbocycles. The number of rotatable bonds is 4. The maximum atomic E-state index is 13.5. The molecule has 106 valence electrons. The zero-order valence-electron chi connectivity index (χ0n) is 12.3. The van der Waals surface area contributed by atoms with Crippen molar-refractivity contribution in [3.63, 3.8) is 0 Å². The molecule has 0 amide bonds. The van der Waals surface area contributed by atoms with E-state index in [1.165, 1.54) is 0 Å². The standard InChI is InChI=1S/C15H22FNO2/c1-10-6-12(7-11(2)14(10)16)8-17-9-13(18)19-15(3,4)5/h6-7,17H,8-9H2,1-5H3. The van der Waals surface area contributed by atoms with Crippen molar-refractivity contribution >= 4 is 5.97 Å². The van der Waals surface area contributed by atoms with Gasteiger partial charge in [0, 0.05) is 6.54 Å². The molecular weight excluding hydrogens is 245 g/mol. The van der Waals surface area contributed by atoms with Gasteiger partial charge in [0.15, 0.2) is 0 Å². The molecule has 3 nitrogen and oxygen atoms in total. The molecule has 4 heteroatoms. The van der Waals surface area contributed by atoms with E-state index < -0.39 is 5.60 Å². The van der Waals surface area contributed by atoms with Crippen LogP contribution in [0.15, 0.2) is 12.1 Å². The van der Waals surface area contributed by atoms with E-state index in [2.05, 4.69) is 5.32 Å². The van der Waals surface area contributed by atoms with Crippen molar-refractivity contribution in [2.24, 2.45) is 0 Å². The Morgan fingerprint density at radius 1 is 1.26 bits per heavy atom. The maximum absolute atomic E-state index is 13.5. The third-order valence-electron chi connectivity index (χ3n) is 2.51. The van der Waals surface area contributed by atoms with Crippen LogP contribution in [0.2, 0.25) is 0 Å². The van der Waals surface area contributed by atoms with E-state index in [0.717, 1.165) is 5.56 Å². The first-order chi connectivity index (χ1) is 8.69. The number of carbonyl (C=O) groups excluding carboxylic acids is 1. The molecule has 1 N–H and O–H groups in total. The van der Waals surface area contributed by atoms with Gasteiger partial charge in [-0.25, -0.2) is 4.39 Å². The SMILES string of the molecule is Cc1cc(CNCC(=O)OC(C)(C)C)cc(C)c1F. The Hall–Kier alpha value is -1.42. The van der Waals surface area contributed by atoms with Gasteiger partial charge in [-0.1, -0.05) is 12.1 Å². The Morgan fingerprint density at radius 3 is 2.26 bits per heavy atom. The summed E-state index contributed by atoms with van der Waals surface area (Å²) < 4.78 is 18.6. The van der Waals surface area contributed by atoms with Gasteiger partial charge in [-0.05, 0) is 51.3 Å². The molecule has 0 bridgehead atoms. The highest BCUT2D eigenvalue weighted by Crippen LogP contribution is 2.14. The fraction of sp³-hybridized carbons (Fsp3) is 0.533. The fourth-order valence-electron chi connectivity index (χ4n) is 1.82. The van der Waals surface area contributed by atoms with Gasteiger partial charge in [0.25, 0.3) is 0 Å². The van der Waals surface area contributed by atoms with E-state index >= 15 is 0 Å². The van der Waals surface area contributed by atoms with Gasteiger partial charge in [-0.3, -0.25) is 4.79 Å². The third kappa shape index (κ3) is 5.39. The number of carbonyl (C=O) groups is 1. The molecule has 0 heterocycles. The minimum absolute atomic E-state index is 0.146. The Bertz CT molecular complexity index is 441. The molecule has 0 fully saturated rings. The van der Waals surface area contributed by atoms with E-state index in [1.807, 2.05) is 20.8 Å². The lowest BCUT2D eigenvalue weighted by atomic mass is 10.1. The largest absolute Gasteiger partial charge is 0.459 e. The molecule has 0 aliphatic carbocycles. The van der Waals surface area contributed by atoms with Crippen molar-refractivity contribution in [1.82, 2.24) is 5.32 Å². The number of hydrogen-bond donors (Lipinski definition) is 1. The number of esters is 1. The fourth-order valence-corrected chi connectivity index (χ4v) is 1.82. The Balaban J connectivity index is 2.48. The number of aryl methyl sites for hydroxylation is 2. The molecule has 0 spiro atoms. The first-order valence-corrected chi connectivity index (χ1v) is 6.37. The number of nitrogens with one attached hydrogen (secondary N) is 1. The quantitative estimate of drug-likeness (QED) is 0.852. The number of ether oxygens (including phenoxy) is 1. The van der Waals surface area contributed by atoms with Crippen LogP contribution in [0.1, 0.15) is 37.5 Å². The van der Waals surface area contributed by atoms with Gasteiger partial charge < -0.3 is 10.1 Å². The van der Waals surface area contributed by atoms with Crippen LogP contribution in [0.4, 0.5) is 4.39 Å². The highest BCUT2D eigenvalue weighted by molar-refractivity contribution is 5.72. The first kappa shape index (κ1) is 15.6. The van der Waals surface area contributed by atoms with Crippen molar-refractivity contribution in [1.29, 1.82) is 0 Å². The maximum Gasteiger partial charge on any atom is 0.320 e. The lowest BCUT2D eigenvalue weighted by molar-refractivity contribution is -0.153. The highest BCUT2D eigenvalue weighted by atomic mass is 19.1. The number of hydrogen-bond acceptors (Lipinski definition) is 3. The smallest absolute Gasteiger partial charge is 0.320 e. The predicted molar refractivity (Wildman–Crippen MR) is 73.4 cm³/mol. The van der Waals surface area contributed by atoms with E-state index in [4.69, 9.17) is 4.74 Å². The molecule has 0 atom stereocenters. The van der Waals surface area contributed by atoms with Crippen LogP contribution in [-0.4, -0.2) is 18.1 Å². The normalized spacial score (nSPS) is 11.5. The van der Waals surface area contributed by atoms with Gasteiger partial charge >= 0.3 is 5.97 Å². The summed E-state index contributed by atoms with van der Waals surface area (Å²) in [6.45, 7) is 9.63. The minimum Gasteiger partial charge on any atom is -0.459 e. The second-order valence-corrected chi connectivity index (χ2v) is 5.73. The summed E-state index contributed by atoms with van der Waals surface area (Å²) in [5.41, 5.74) is 1.73. The van der Waals surface area contributed by atoms with Crippen LogP contribution in [0.5, 0.6) is 0 Å². The summed E-state index contributed by atoms with van der Waals surface area (Å²) in [7, 11) is 0. The molecule has 19 heavy (non-hydrogen) atoms. The van der Waals surface area contributed by atoms with Crippen LogP contribution < -0.4 is 5.32 Å². The monoisotopic (exact) mass is 267 g/mol. The third-order valence-corrected chi connectivity index (χ3v) is 2.51. The Labute approximate surface area is 114 Å². The summed E-state index contributed by atoms with van der Waals surface area (Å²) in [6, 6.07) is 3.56. The van der Waals surface area contributed by atoms with Crippen molar-refractivity contribution in [2.75, 3.05) is 6.54 Å². The van der Waals surface area contributed by atoms with Crippen LogP contribution in [0.3, 0.4) is 0 Å². The number of benzene rings is 1. The molecule has 0 unspecified atom stereocenters. The van der Waals surface area contributed by atoms with Gasteiger partial charge in [-0.15, -0.1) is 0 Å². The molecular formula is C15H22FNO2. The summed E-state index contributed by atoms with van der Waals surface area (Å²) >= 11 is 0. The average Bonchev–Trinajstić information content (AvgIpc) is 2.23. The molecule has 0 saturated carbocycles. The average molecular weight is 267 g/mol. The van der Waals surface area contributed by atoms with Crippen LogP contribution >= 0.6 is 0 Å². The zero-order chi connectivity index (χ0) is 14.6. The van der Waals surface area contributed by atoms with Crippen LogP contribution in [0.25, 0.3) is 0 Å². The second kappa shape index (κ2) is 6.15. The Morgan fingerprint density at radius 2 is 1.79 bits per heavy atom.